The van der Waals surface area contributed by atoms with Gasteiger partial charge < -0.3 is 10.1 Å². The van der Waals surface area contributed by atoms with E-state index in [-0.39, 0.29) is 0 Å². The third-order valence-electron chi connectivity index (χ3n) is 6.31. The largest absolute Gasteiger partial charge is 0.489 e. The summed E-state index contributed by atoms with van der Waals surface area (Å²) in [6, 6.07) is 25.5. The summed E-state index contributed by atoms with van der Waals surface area (Å²) >= 11 is 1.97. The van der Waals surface area contributed by atoms with Crippen molar-refractivity contribution in [2.24, 2.45) is 5.92 Å². The third-order valence-corrected chi connectivity index (χ3v) is 7.39. The molecular weight excluding hydrogens is 434 g/mol. The summed E-state index contributed by atoms with van der Waals surface area (Å²) in [4.78, 5) is 1.34. The summed E-state index contributed by atoms with van der Waals surface area (Å²) in [6.45, 7) is 9.68. The van der Waals surface area contributed by atoms with E-state index in [1.54, 1.807) is 0 Å². The Morgan fingerprint density at radius 1 is 0.882 bits per heavy atom. The molecule has 3 heteroatoms. The van der Waals surface area contributed by atoms with Crippen LogP contribution in [0.1, 0.15) is 76.8 Å². The van der Waals surface area contributed by atoms with Crippen LogP contribution in [0.25, 0.3) is 0 Å². The Labute approximate surface area is 211 Å². The highest BCUT2D eigenvalue weighted by molar-refractivity contribution is 7.99. The molecule has 1 atom stereocenters. The van der Waals surface area contributed by atoms with Crippen LogP contribution in [0.15, 0.2) is 77.7 Å². The number of rotatable bonds is 14. The second-order valence-electron chi connectivity index (χ2n) is 9.38. The lowest BCUT2D eigenvalue weighted by Gasteiger charge is -2.17. The van der Waals surface area contributed by atoms with Gasteiger partial charge in [0.2, 0.25) is 0 Å². The monoisotopic (exact) mass is 475 g/mol. The molecule has 0 aliphatic carbocycles. The number of hydrogen-bond donors (Lipinski definition) is 1. The van der Waals surface area contributed by atoms with Crippen molar-refractivity contribution in [1.29, 1.82) is 0 Å². The van der Waals surface area contributed by atoms with E-state index in [9.17, 15) is 0 Å². The lowest BCUT2D eigenvalue weighted by molar-refractivity contribution is 0.306. The molecule has 2 nitrogen and oxygen atoms in total. The first-order valence-electron chi connectivity index (χ1n) is 12.9. The van der Waals surface area contributed by atoms with Crippen LogP contribution in [0.5, 0.6) is 5.75 Å². The summed E-state index contributed by atoms with van der Waals surface area (Å²) in [5.74, 6) is 3.40. The van der Waals surface area contributed by atoms with Gasteiger partial charge in [-0.1, -0.05) is 83.4 Å². The molecule has 0 saturated heterocycles. The first-order chi connectivity index (χ1) is 16.6. The second kappa shape index (κ2) is 14.1. The third kappa shape index (κ3) is 8.43. The first kappa shape index (κ1) is 26.2. The van der Waals surface area contributed by atoms with Gasteiger partial charge in [0.15, 0.2) is 0 Å². The van der Waals surface area contributed by atoms with E-state index in [1.807, 2.05) is 30.0 Å². The van der Waals surface area contributed by atoms with E-state index in [2.05, 4.69) is 87.6 Å². The summed E-state index contributed by atoms with van der Waals surface area (Å²) in [6.07, 6.45) is 6.63. The molecule has 0 spiro atoms. The Hall–Kier alpha value is -2.39. The van der Waals surface area contributed by atoms with Crippen molar-refractivity contribution in [3.63, 3.8) is 0 Å². The molecule has 3 aromatic rings. The molecule has 0 fully saturated rings. The van der Waals surface area contributed by atoms with E-state index in [1.165, 1.54) is 53.9 Å². The molecule has 0 heterocycles. The quantitative estimate of drug-likeness (QED) is 0.185. The predicted molar refractivity (Wildman–Crippen MR) is 150 cm³/mol. The maximum Gasteiger partial charge on any atom is 0.120 e. The van der Waals surface area contributed by atoms with Crippen LogP contribution in [0, 0.1) is 5.92 Å². The standard InChI is InChI=1S/C31H41NOS/c1-5-12-25(6-2)15-11-20-34-29-17-10-16-27(21-29)32-31-19-18-28(22-30(31)24(3)4)33-23-26-13-8-7-9-14-26/h7-10,13-14,16-19,21-22,24-25,32H,5-6,11-12,15,20,23H2,1-4H3. The molecule has 1 unspecified atom stereocenters. The van der Waals surface area contributed by atoms with Gasteiger partial charge in [0.1, 0.15) is 12.4 Å². The van der Waals surface area contributed by atoms with Crippen LogP contribution in [0.2, 0.25) is 0 Å². The van der Waals surface area contributed by atoms with Crippen molar-refractivity contribution < 1.29 is 4.74 Å². The molecule has 0 aromatic heterocycles. The van der Waals surface area contributed by atoms with Gasteiger partial charge in [-0.25, -0.2) is 0 Å². The minimum atomic E-state index is 0.398. The van der Waals surface area contributed by atoms with E-state index < -0.39 is 0 Å². The predicted octanol–water partition coefficient (Wildman–Crippen LogP) is 9.83. The molecule has 34 heavy (non-hydrogen) atoms. The van der Waals surface area contributed by atoms with E-state index in [0.29, 0.717) is 12.5 Å². The van der Waals surface area contributed by atoms with Crippen LogP contribution >= 0.6 is 11.8 Å². The molecule has 3 rings (SSSR count). The van der Waals surface area contributed by atoms with E-state index >= 15 is 0 Å². The first-order valence-corrected chi connectivity index (χ1v) is 13.9. The molecule has 0 saturated carbocycles. The van der Waals surface area contributed by atoms with Gasteiger partial charge >= 0.3 is 0 Å². The summed E-state index contributed by atoms with van der Waals surface area (Å²) in [7, 11) is 0. The Morgan fingerprint density at radius 2 is 1.71 bits per heavy atom. The van der Waals surface area contributed by atoms with Crippen molar-refractivity contribution >= 4 is 23.1 Å². The fourth-order valence-electron chi connectivity index (χ4n) is 4.31. The van der Waals surface area contributed by atoms with Gasteiger partial charge in [-0.2, -0.15) is 0 Å². The van der Waals surface area contributed by atoms with Crippen LogP contribution in [0.4, 0.5) is 11.4 Å². The zero-order valence-corrected chi connectivity index (χ0v) is 22.2. The average molecular weight is 476 g/mol. The maximum absolute atomic E-state index is 6.07. The highest BCUT2D eigenvalue weighted by atomic mass is 32.2. The molecule has 1 N–H and O–H groups in total. The smallest absolute Gasteiger partial charge is 0.120 e. The van der Waals surface area contributed by atoms with Crippen LogP contribution in [0.3, 0.4) is 0 Å². The van der Waals surface area contributed by atoms with Crippen molar-refractivity contribution in [1.82, 2.24) is 0 Å². The topological polar surface area (TPSA) is 21.3 Å². The number of benzene rings is 3. The molecule has 3 aromatic carbocycles. The number of anilines is 2. The minimum absolute atomic E-state index is 0.398. The second-order valence-corrected chi connectivity index (χ2v) is 10.6. The molecule has 0 amide bonds. The Morgan fingerprint density at radius 3 is 2.44 bits per heavy atom. The van der Waals surface area contributed by atoms with Gasteiger partial charge in [-0.05, 0) is 78.0 Å². The Bertz CT molecular complexity index is 986. The fourth-order valence-corrected chi connectivity index (χ4v) is 5.24. The lowest BCUT2D eigenvalue weighted by atomic mass is 9.96. The normalized spacial score (nSPS) is 12.0. The van der Waals surface area contributed by atoms with Gasteiger partial charge in [0.25, 0.3) is 0 Å². The highest BCUT2D eigenvalue weighted by Gasteiger charge is 2.10. The van der Waals surface area contributed by atoms with Gasteiger partial charge in [0, 0.05) is 16.3 Å². The van der Waals surface area contributed by atoms with Crippen LogP contribution < -0.4 is 10.1 Å². The Balaban J connectivity index is 1.59. The van der Waals surface area contributed by atoms with E-state index in [0.717, 1.165) is 23.0 Å². The molecule has 0 radical (unpaired) electrons. The van der Waals surface area contributed by atoms with Crippen molar-refractivity contribution in [2.45, 2.75) is 77.2 Å². The van der Waals surface area contributed by atoms with Gasteiger partial charge in [-0.3, -0.25) is 0 Å². The number of nitrogens with one attached hydrogen (secondary N) is 1. The van der Waals surface area contributed by atoms with Gasteiger partial charge in [-0.15, -0.1) is 11.8 Å². The number of hydrogen-bond acceptors (Lipinski definition) is 3. The number of thioether (sulfide) groups is 1. The van der Waals surface area contributed by atoms with Crippen LogP contribution in [-0.2, 0) is 6.61 Å². The van der Waals surface area contributed by atoms with Crippen LogP contribution in [-0.4, -0.2) is 5.75 Å². The van der Waals surface area contributed by atoms with Crippen molar-refractivity contribution in [3.8, 4) is 5.75 Å². The summed E-state index contributed by atoms with van der Waals surface area (Å²) in [5.41, 5.74) is 4.74. The average Bonchev–Trinajstić information content (AvgIpc) is 2.86. The summed E-state index contributed by atoms with van der Waals surface area (Å²) < 4.78 is 6.07. The van der Waals surface area contributed by atoms with Crippen molar-refractivity contribution in [2.75, 3.05) is 11.1 Å². The SMILES string of the molecule is CCCC(CC)CCCSc1cccc(Nc2ccc(OCc3ccccc3)cc2C(C)C)c1. The van der Waals surface area contributed by atoms with Crippen molar-refractivity contribution in [3.05, 3.63) is 83.9 Å². The zero-order chi connectivity index (χ0) is 24.2. The highest BCUT2D eigenvalue weighted by Crippen LogP contribution is 2.32. The fraction of sp³-hybridized carbons (Fsp3) is 0.419. The molecule has 0 aliphatic heterocycles. The maximum atomic E-state index is 6.07. The number of ether oxygens (including phenoxy) is 1. The molecule has 0 bridgehead atoms. The Kier molecular flexibility index (Phi) is 10.9. The molecular formula is C31H41NOS. The molecule has 0 aliphatic rings. The minimum Gasteiger partial charge on any atom is -0.489 e. The zero-order valence-electron chi connectivity index (χ0n) is 21.3. The molecule has 182 valence electrons. The lowest BCUT2D eigenvalue weighted by Crippen LogP contribution is -2.01. The summed E-state index contributed by atoms with van der Waals surface area (Å²) in [5, 5.41) is 3.66. The van der Waals surface area contributed by atoms with E-state index in [4.69, 9.17) is 4.74 Å². The van der Waals surface area contributed by atoms with Gasteiger partial charge in [0.05, 0.1) is 0 Å².